The number of halogens is 5. The number of nitrogens with zero attached hydrogens (tertiary/aromatic N) is 2. The van der Waals surface area contributed by atoms with Crippen molar-refractivity contribution >= 4 is 27.6 Å². The number of anilines is 1. The van der Waals surface area contributed by atoms with Crippen LogP contribution in [0.15, 0.2) is 114 Å². The predicted molar refractivity (Wildman–Crippen MR) is 209 cm³/mol. The summed E-state index contributed by atoms with van der Waals surface area (Å²) in [4.78, 5) is 27.2. The molecule has 1 saturated carbocycles. The van der Waals surface area contributed by atoms with Crippen molar-refractivity contribution in [2.45, 2.75) is 75.3 Å². The van der Waals surface area contributed by atoms with E-state index in [-0.39, 0.29) is 31.7 Å². The third-order valence-corrected chi connectivity index (χ3v) is 12.8. The van der Waals surface area contributed by atoms with Crippen molar-refractivity contribution in [2.75, 3.05) is 11.4 Å². The lowest BCUT2D eigenvalue weighted by Crippen LogP contribution is -2.46. The van der Waals surface area contributed by atoms with Crippen LogP contribution in [0.2, 0.25) is 0 Å². The number of ether oxygens (including phenoxy) is 2. The molecular formula is C45H41F5N2O6S. The molecule has 1 saturated heterocycles. The first-order valence-corrected chi connectivity index (χ1v) is 20.8. The largest absolute Gasteiger partial charge is 0.457 e. The normalized spacial score (nSPS) is 17.5. The van der Waals surface area contributed by atoms with Gasteiger partial charge in [-0.05, 0) is 71.7 Å². The highest BCUT2D eigenvalue weighted by Gasteiger charge is 2.49. The topological polar surface area (TPSA) is 93.2 Å². The van der Waals surface area contributed by atoms with Crippen LogP contribution in [0.1, 0.15) is 77.1 Å². The zero-order chi connectivity index (χ0) is 41.7. The van der Waals surface area contributed by atoms with E-state index in [0.717, 1.165) is 36.8 Å². The molecule has 7 rings (SSSR count). The Morgan fingerprint density at radius 3 is 1.80 bits per heavy atom. The first-order valence-electron chi connectivity index (χ1n) is 19.3. The molecule has 8 nitrogen and oxygen atoms in total. The Bertz CT molecular complexity index is 2350. The molecule has 5 aromatic carbocycles. The van der Waals surface area contributed by atoms with E-state index in [2.05, 4.69) is 0 Å². The molecule has 2 atom stereocenters. The summed E-state index contributed by atoms with van der Waals surface area (Å²) < 4.78 is 113. The van der Waals surface area contributed by atoms with Gasteiger partial charge in [-0.15, -0.1) is 0 Å². The molecule has 1 aliphatic heterocycles. The van der Waals surface area contributed by atoms with Gasteiger partial charge in [0, 0.05) is 12.2 Å². The van der Waals surface area contributed by atoms with Crippen molar-refractivity contribution in [3.63, 3.8) is 0 Å². The molecule has 2 fully saturated rings. The van der Waals surface area contributed by atoms with E-state index in [0.29, 0.717) is 21.5 Å². The van der Waals surface area contributed by atoms with Gasteiger partial charge in [-0.1, -0.05) is 104 Å². The highest BCUT2D eigenvalue weighted by atomic mass is 32.2. The summed E-state index contributed by atoms with van der Waals surface area (Å²) in [6, 6.07) is 31.6. The van der Waals surface area contributed by atoms with Crippen LogP contribution in [0.3, 0.4) is 0 Å². The summed E-state index contributed by atoms with van der Waals surface area (Å²) in [5, 5.41) is 0. The number of carbonyl (C=O) groups is 2. The predicted octanol–water partition coefficient (Wildman–Crippen LogP) is 9.57. The summed E-state index contributed by atoms with van der Waals surface area (Å²) in [6.07, 6.45) is 3.71. The third kappa shape index (κ3) is 9.09. The highest BCUT2D eigenvalue weighted by Crippen LogP contribution is 2.38. The maximum absolute atomic E-state index is 15.1. The average Bonchev–Trinajstić information content (AvgIpc) is 3.71. The van der Waals surface area contributed by atoms with Gasteiger partial charge in [-0.25, -0.2) is 35.2 Å². The number of sulfonamides is 1. The second kappa shape index (κ2) is 18.2. The molecule has 0 bridgehead atoms. The van der Waals surface area contributed by atoms with Crippen LogP contribution in [0.4, 0.5) is 27.6 Å². The molecule has 2 aliphatic rings. The van der Waals surface area contributed by atoms with E-state index in [1.54, 1.807) is 42.5 Å². The average molecular weight is 833 g/mol. The molecule has 1 aliphatic carbocycles. The van der Waals surface area contributed by atoms with Gasteiger partial charge in [-0.2, -0.15) is 4.31 Å². The highest BCUT2D eigenvalue weighted by molar-refractivity contribution is 7.89. The van der Waals surface area contributed by atoms with E-state index in [9.17, 15) is 31.2 Å². The molecule has 0 aromatic heterocycles. The maximum Gasteiger partial charge on any atom is 0.338 e. The molecule has 1 heterocycles. The van der Waals surface area contributed by atoms with Gasteiger partial charge in [-0.3, -0.25) is 4.79 Å². The van der Waals surface area contributed by atoms with Gasteiger partial charge in [0.1, 0.15) is 12.8 Å². The lowest BCUT2D eigenvalue weighted by Gasteiger charge is -2.31. The monoisotopic (exact) mass is 832 g/mol. The second-order valence-electron chi connectivity index (χ2n) is 14.7. The number of amides is 1. The van der Waals surface area contributed by atoms with Crippen molar-refractivity contribution in [3.8, 4) is 0 Å². The van der Waals surface area contributed by atoms with Gasteiger partial charge in [0.15, 0.2) is 28.2 Å². The Labute approximate surface area is 339 Å². The molecule has 2 unspecified atom stereocenters. The number of esters is 1. The van der Waals surface area contributed by atoms with E-state index in [1.165, 1.54) is 29.0 Å². The summed E-state index contributed by atoms with van der Waals surface area (Å²) in [6.45, 7) is -0.776. The van der Waals surface area contributed by atoms with Crippen LogP contribution in [0, 0.1) is 35.0 Å². The van der Waals surface area contributed by atoms with Gasteiger partial charge in [0.05, 0.1) is 24.6 Å². The zero-order valence-electron chi connectivity index (χ0n) is 31.8. The summed E-state index contributed by atoms with van der Waals surface area (Å²) in [5.41, 5.74) is 3.80. The molecule has 59 heavy (non-hydrogen) atoms. The van der Waals surface area contributed by atoms with Crippen LogP contribution in [-0.4, -0.2) is 37.4 Å². The van der Waals surface area contributed by atoms with E-state index in [4.69, 9.17) is 9.47 Å². The Hall–Kier alpha value is -5.44. The standard InChI is InChI=1S/C45H41F5N2O6S/c46-37-38(47)40(49)42(41(50)39(37)48)59(55,56)52-25-24-36(44(52)57-27-30-10-4-1-5-11-30)43(53)51(26-29-16-18-33(19-17-29)32-14-8-3-9-15-32)35-22-20-34(21-23-35)45(54)58-28-31-12-6-2-7-13-31/h1-2,4-7,10-13,16-23,32,36,44H,3,8-9,14-15,24-28H2. The quantitative estimate of drug-likeness (QED) is 0.0508. The van der Waals surface area contributed by atoms with Crippen LogP contribution in [0.5, 0.6) is 0 Å². The Kier molecular flexibility index (Phi) is 12.9. The number of benzene rings is 5. The van der Waals surface area contributed by atoms with E-state index < -0.39 is 74.6 Å². The molecule has 5 aromatic rings. The summed E-state index contributed by atoms with van der Waals surface area (Å²) in [7, 11) is -5.50. The molecular weight excluding hydrogens is 792 g/mol. The molecule has 14 heteroatoms. The molecule has 1 amide bonds. The van der Waals surface area contributed by atoms with Crippen LogP contribution in [-0.2, 0) is 44.1 Å². The lowest BCUT2D eigenvalue weighted by atomic mass is 9.84. The number of hydrogen-bond acceptors (Lipinski definition) is 6. The minimum absolute atomic E-state index is 0.00607. The molecule has 0 N–H and O–H groups in total. The van der Waals surface area contributed by atoms with Crippen molar-refractivity contribution in [1.82, 2.24) is 4.31 Å². The Balaban J connectivity index is 1.22. The van der Waals surface area contributed by atoms with Gasteiger partial charge in [0.2, 0.25) is 11.7 Å². The van der Waals surface area contributed by atoms with Crippen molar-refractivity contribution < 1.29 is 49.4 Å². The fraction of sp³-hybridized carbons (Fsp3) is 0.289. The van der Waals surface area contributed by atoms with E-state index >= 15 is 8.78 Å². The SMILES string of the molecule is O=C(OCc1ccccc1)c1ccc(N(Cc2ccc(C3CCCCC3)cc2)C(=O)C2CCN(S(=O)(=O)c3c(F)c(F)c(F)c(F)c3F)C2OCc2ccccc2)cc1. The van der Waals surface area contributed by atoms with Crippen molar-refractivity contribution in [1.29, 1.82) is 0 Å². The third-order valence-electron chi connectivity index (χ3n) is 10.9. The summed E-state index contributed by atoms with van der Waals surface area (Å²) >= 11 is 0. The Morgan fingerprint density at radius 2 is 1.20 bits per heavy atom. The minimum Gasteiger partial charge on any atom is -0.457 e. The van der Waals surface area contributed by atoms with Crippen molar-refractivity contribution in [2.24, 2.45) is 5.92 Å². The van der Waals surface area contributed by atoms with Crippen molar-refractivity contribution in [3.05, 3.63) is 166 Å². The fourth-order valence-corrected chi connectivity index (χ4v) is 9.41. The molecule has 0 spiro atoms. The van der Waals surface area contributed by atoms with Crippen LogP contribution >= 0.6 is 0 Å². The lowest BCUT2D eigenvalue weighted by molar-refractivity contribution is -0.129. The number of carbonyl (C=O) groups excluding carboxylic acids is 2. The van der Waals surface area contributed by atoms with E-state index in [1.807, 2.05) is 54.6 Å². The second-order valence-corrected chi connectivity index (χ2v) is 16.5. The number of hydrogen-bond donors (Lipinski definition) is 0. The first-order chi connectivity index (χ1) is 28.4. The maximum atomic E-state index is 15.1. The Morgan fingerprint density at radius 1 is 0.644 bits per heavy atom. The minimum atomic E-state index is -5.50. The van der Waals surface area contributed by atoms with Crippen LogP contribution in [0.25, 0.3) is 0 Å². The van der Waals surface area contributed by atoms with Crippen LogP contribution < -0.4 is 4.90 Å². The first kappa shape index (κ1) is 41.7. The molecule has 0 radical (unpaired) electrons. The van der Waals surface area contributed by atoms with Gasteiger partial charge >= 0.3 is 5.97 Å². The number of rotatable bonds is 13. The fourth-order valence-electron chi connectivity index (χ4n) is 7.72. The van der Waals surface area contributed by atoms with Gasteiger partial charge in [0.25, 0.3) is 10.0 Å². The summed E-state index contributed by atoms with van der Waals surface area (Å²) in [5.74, 6) is -14.6. The van der Waals surface area contributed by atoms with Gasteiger partial charge < -0.3 is 14.4 Å². The zero-order valence-corrected chi connectivity index (χ0v) is 32.7. The molecule has 308 valence electrons. The smallest absolute Gasteiger partial charge is 0.338 e.